The third kappa shape index (κ3) is 3.88. The van der Waals surface area contributed by atoms with Crippen molar-refractivity contribution in [3.05, 3.63) is 70.7 Å². The van der Waals surface area contributed by atoms with Gasteiger partial charge in [0.05, 0.1) is 12.1 Å². The molecule has 1 amide bonds. The summed E-state index contributed by atoms with van der Waals surface area (Å²) in [6, 6.07) is 16.7. The molecule has 2 heterocycles. The highest BCUT2D eigenvalue weighted by atomic mass is 32.1. The third-order valence-electron chi connectivity index (χ3n) is 5.00. The van der Waals surface area contributed by atoms with Crippen LogP contribution in [0.4, 0.5) is 5.69 Å². The fraction of sp³-hybridized carbons (Fsp3) is 0.273. The van der Waals surface area contributed by atoms with Crippen LogP contribution in [0.1, 0.15) is 16.8 Å². The molecule has 4 nitrogen and oxygen atoms in total. The fourth-order valence-corrected chi connectivity index (χ4v) is 4.22. The summed E-state index contributed by atoms with van der Waals surface area (Å²) >= 11 is 1.60. The number of likely N-dealkylation sites (N-methyl/N-ethyl adjacent to an activating group) is 1. The molecule has 0 unspecified atom stereocenters. The van der Waals surface area contributed by atoms with Crippen molar-refractivity contribution < 1.29 is 4.79 Å². The lowest BCUT2D eigenvalue weighted by atomic mass is 10.1. The summed E-state index contributed by atoms with van der Waals surface area (Å²) in [4.78, 5) is 21.8. The van der Waals surface area contributed by atoms with E-state index < -0.39 is 0 Å². The van der Waals surface area contributed by atoms with Crippen molar-refractivity contribution in [2.45, 2.75) is 19.9 Å². The van der Waals surface area contributed by atoms with Gasteiger partial charge >= 0.3 is 0 Å². The van der Waals surface area contributed by atoms with E-state index in [1.165, 1.54) is 16.8 Å². The number of para-hydroxylation sites is 1. The average molecular weight is 378 g/mol. The maximum Gasteiger partial charge on any atom is 0.228 e. The molecule has 0 saturated carbocycles. The molecule has 27 heavy (non-hydrogen) atoms. The molecular formula is C22H23N3OS. The Morgan fingerprint density at radius 2 is 1.89 bits per heavy atom. The maximum atomic E-state index is 12.9. The Morgan fingerprint density at radius 3 is 2.70 bits per heavy atom. The average Bonchev–Trinajstić information content (AvgIpc) is 3.06. The molecule has 0 N–H and O–H groups in total. The first-order valence-electron chi connectivity index (χ1n) is 9.18. The van der Waals surface area contributed by atoms with Gasteiger partial charge in [-0.1, -0.05) is 48.0 Å². The second-order valence-electron chi connectivity index (χ2n) is 7.05. The van der Waals surface area contributed by atoms with Gasteiger partial charge in [-0.2, -0.15) is 0 Å². The minimum Gasteiger partial charge on any atom is -0.373 e. The van der Waals surface area contributed by atoms with Gasteiger partial charge in [0.2, 0.25) is 5.91 Å². The monoisotopic (exact) mass is 377 g/mol. The zero-order valence-corrected chi connectivity index (χ0v) is 16.5. The standard InChI is InChI=1S/C22H23N3OS/c1-16-7-9-17(10-8-16)22-23-19(15-27-22)13-21(26)25-12-11-24(2)20-6-4-3-5-18(20)14-25/h3-10,15H,11-14H2,1-2H3. The number of hydrogen-bond acceptors (Lipinski definition) is 4. The lowest BCUT2D eigenvalue weighted by Gasteiger charge is -2.20. The number of thiazole rings is 1. The molecule has 0 bridgehead atoms. The normalized spacial score (nSPS) is 14.0. The van der Waals surface area contributed by atoms with Gasteiger partial charge in [0.1, 0.15) is 5.01 Å². The molecule has 0 fully saturated rings. The predicted octanol–water partition coefficient (Wildman–Crippen LogP) is 4.14. The zero-order valence-electron chi connectivity index (χ0n) is 15.7. The Labute approximate surface area is 164 Å². The topological polar surface area (TPSA) is 36.4 Å². The van der Waals surface area contributed by atoms with Crippen LogP contribution < -0.4 is 4.90 Å². The summed E-state index contributed by atoms with van der Waals surface area (Å²) in [7, 11) is 2.08. The summed E-state index contributed by atoms with van der Waals surface area (Å²) in [5.41, 5.74) is 5.60. The second kappa shape index (κ2) is 7.53. The van der Waals surface area contributed by atoms with Crippen molar-refractivity contribution >= 4 is 22.9 Å². The van der Waals surface area contributed by atoms with Crippen LogP contribution in [0, 0.1) is 6.92 Å². The van der Waals surface area contributed by atoms with E-state index in [1.807, 2.05) is 16.3 Å². The minimum absolute atomic E-state index is 0.140. The first kappa shape index (κ1) is 17.7. The molecule has 0 spiro atoms. The van der Waals surface area contributed by atoms with Gasteiger partial charge in [0.25, 0.3) is 0 Å². The molecule has 1 aliphatic rings. The van der Waals surface area contributed by atoms with Crippen molar-refractivity contribution in [1.29, 1.82) is 0 Å². The molecule has 0 atom stereocenters. The number of rotatable bonds is 3. The Balaban J connectivity index is 1.47. The first-order chi connectivity index (χ1) is 13.1. The molecule has 0 saturated heterocycles. The van der Waals surface area contributed by atoms with Gasteiger partial charge in [0, 0.05) is 43.3 Å². The van der Waals surface area contributed by atoms with E-state index in [2.05, 4.69) is 66.3 Å². The summed E-state index contributed by atoms with van der Waals surface area (Å²) in [6.07, 6.45) is 0.355. The van der Waals surface area contributed by atoms with E-state index in [-0.39, 0.29) is 5.91 Å². The smallest absolute Gasteiger partial charge is 0.228 e. The van der Waals surface area contributed by atoms with Crippen LogP contribution in [0.15, 0.2) is 53.9 Å². The highest BCUT2D eigenvalue weighted by molar-refractivity contribution is 7.13. The molecule has 4 rings (SSSR count). The quantitative estimate of drug-likeness (QED) is 0.688. The van der Waals surface area contributed by atoms with E-state index >= 15 is 0 Å². The molecule has 3 aromatic rings. The number of aryl methyl sites for hydroxylation is 1. The van der Waals surface area contributed by atoms with Crippen LogP contribution in [-0.4, -0.2) is 35.9 Å². The number of aromatic nitrogens is 1. The number of nitrogens with zero attached hydrogens (tertiary/aromatic N) is 3. The van der Waals surface area contributed by atoms with E-state index in [9.17, 15) is 4.79 Å². The van der Waals surface area contributed by atoms with Gasteiger partial charge in [-0.3, -0.25) is 4.79 Å². The van der Waals surface area contributed by atoms with Crippen molar-refractivity contribution in [3.63, 3.8) is 0 Å². The van der Waals surface area contributed by atoms with Crippen molar-refractivity contribution in [1.82, 2.24) is 9.88 Å². The summed E-state index contributed by atoms with van der Waals surface area (Å²) < 4.78 is 0. The number of carbonyl (C=O) groups is 1. The zero-order chi connectivity index (χ0) is 18.8. The summed E-state index contributed by atoms with van der Waals surface area (Å²) in [5.74, 6) is 0.140. The largest absolute Gasteiger partial charge is 0.373 e. The molecule has 0 aliphatic carbocycles. The predicted molar refractivity (Wildman–Crippen MR) is 111 cm³/mol. The van der Waals surface area contributed by atoms with Crippen molar-refractivity contribution in [3.8, 4) is 10.6 Å². The maximum absolute atomic E-state index is 12.9. The Morgan fingerprint density at radius 1 is 1.11 bits per heavy atom. The number of benzene rings is 2. The molecule has 138 valence electrons. The number of anilines is 1. The van der Waals surface area contributed by atoms with Crippen LogP contribution in [0.2, 0.25) is 0 Å². The summed E-state index contributed by atoms with van der Waals surface area (Å²) in [5, 5.41) is 2.98. The number of amides is 1. The fourth-order valence-electron chi connectivity index (χ4n) is 3.39. The third-order valence-corrected chi connectivity index (χ3v) is 5.94. The minimum atomic E-state index is 0.140. The van der Waals surface area contributed by atoms with Crippen molar-refractivity contribution in [2.24, 2.45) is 0 Å². The SMILES string of the molecule is Cc1ccc(-c2nc(CC(=O)N3CCN(C)c4ccccc4C3)cs2)cc1. The number of hydrogen-bond donors (Lipinski definition) is 0. The summed E-state index contributed by atoms with van der Waals surface area (Å²) in [6.45, 7) is 4.31. The van der Waals surface area contributed by atoms with Crippen LogP contribution in [0.3, 0.4) is 0 Å². The lowest BCUT2D eigenvalue weighted by molar-refractivity contribution is -0.130. The van der Waals surface area contributed by atoms with Gasteiger partial charge in [-0.15, -0.1) is 11.3 Å². The van der Waals surface area contributed by atoms with Crippen molar-refractivity contribution in [2.75, 3.05) is 25.0 Å². The van der Waals surface area contributed by atoms with E-state index in [0.29, 0.717) is 13.0 Å². The second-order valence-corrected chi connectivity index (χ2v) is 7.91. The first-order valence-corrected chi connectivity index (χ1v) is 10.1. The molecule has 5 heteroatoms. The van der Waals surface area contributed by atoms with E-state index in [0.717, 1.165) is 29.4 Å². The van der Waals surface area contributed by atoms with Gasteiger partial charge in [-0.25, -0.2) is 4.98 Å². The van der Waals surface area contributed by atoms with Gasteiger partial charge in [0.15, 0.2) is 0 Å². The van der Waals surface area contributed by atoms with Crippen LogP contribution in [0.5, 0.6) is 0 Å². The van der Waals surface area contributed by atoms with E-state index in [1.54, 1.807) is 11.3 Å². The highest BCUT2D eigenvalue weighted by Gasteiger charge is 2.22. The van der Waals surface area contributed by atoms with Gasteiger partial charge < -0.3 is 9.80 Å². The Hall–Kier alpha value is -2.66. The molecular weight excluding hydrogens is 354 g/mol. The number of carbonyl (C=O) groups excluding carboxylic acids is 1. The molecule has 1 aromatic heterocycles. The Bertz CT molecular complexity index is 948. The molecule has 2 aromatic carbocycles. The Kier molecular flexibility index (Phi) is 4.94. The molecule has 0 radical (unpaired) electrons. The lowest BCUT2D eigenvalue weighted by Crippen LogP contribution is -2.35. The van der Waals surface area contributed by atoms with Crippen LogP contribution in [-0.2, 0) is 17.8 Å². The van der Waals surface area contributed by atoms with Crippen LogP contribution >= 0.6 is 11.3 Å². The molecule has 1 aliphatic heterocycles. The van der Waals surface area contributed by atoms with Crippen LogP contribution in [0.25, 0.3) is 10.6 Å². The number of fused-ring (bicyclic) bond motifs is 1. The van der Waals surface area contributed by atoms with E-state index in [4.69, 9.17) is 0 Å². The van der Waals surface area contributed by atoms with Gasteiger partial charge in [-0.05, 0) is 18.6 Å². The highest BCUT2D eigenvalue weighted by Crippen LogP contribution is 2.26.